The van der Waals surface area contributed by atoms with Crippen molar-refractivity contribution in [3.8, 4) is 0 Å². The molecule has 3 aliphatic carbocycles. The van der Waals surface area contributed by atoms with Crippen LogP contribution in [0.2, 0.25) is 0 Å². The number of hydrogen-bond acceptors (Lipinski definition) is 3. The van der Waals surface area contributed by atoms with Crippen molar-refractivity contribution in [2.75, 3.05) is 0 Å². The fourth-order valence-corrected chi connectivity index (χ4v) is 4.60. The van der Waals surface area contributed by atoms with Crippen LogP contribution in [0.25, 0.3) is 0 Å². The molecule has 4 rings (SSSR count). The summed E-state index contributed by atoms with van der Waals surface area (Å²) < 4.78 is 12.2. The summed E-state index contributed by atoms with van der Waals surface area (Å²) in [6.07, 6.45) is 1.75. The van der Waals surface area contributed by atoms with Crippen LogP contribution < -0.4 is 5.73 Å². The molecular weight excluding hydrogens is 244 g/mol. The van der Waals surface area contributed by atoms with Crippen LogP contribution in [0.4, 0.5) is 0 Å². The Kier molecular flexibility index (Phi) is 3.47. The highest BCUT2D eigenvalue weighted by Gasteiger charge is 2.90. The van der Waals surface area contributed by atoms with Crippen LogP contribution in [0.5, 0.6) is 0 Å². The quantitative estimate of drug-likeness (QED) is 0.696. The van der Waals surface area contributed by atoms with E-state index in [1.54, 1.807) is 0 Å². The smallest absolute Gasteiger partial charge is 0.404 e. The van der Waals surface area contributed by atoms with E-state index < -0.39 is 6.39 Å². The maximum Gasteiger partial charge on any atom is 0.475 e. The molecule has 0 aromatic carbocycles. The lowest BCUT2D eigenvalue weighted by Crippen LogP contribution is -2.48. The van der Waals surface area contributed by atoms with Crippen molar-refractivity contribution in [3.05, 3.63) is 0 Å². The third kappa shape index (κ3) is 1.98. The molecule has 6 radical (unpaired) electrons. The highest BCUT2D eigenvalue weighted by atomic mass is 16.7. The molecule has 0 spiro atoms. The van der Waals surface area contributed by atoms with Crippen molar-refractivity contribution >= 4 is 36.7 Å². The first-order valence-electron chi connectivity index (χ1n) is 7.61. The SMILES string of the molecule is CC[C@H](N)B1O[C@H]2[C@H]3C4C(C[C@@]2(C)O1)[C@]43C.[B]B([B])[B]. The Hall–Kier alpha value is 0.205. The zero-order valence-electron chi connectivity index (χ0n) is 12.6. The van der Waals surface area contributed by atoms with Gasteiger partial charge in [-0.3, -0.25) is 0 Å². The predicted octanol–water partition coefficient (Wildman–Crippen LogP) is -0.312. The highest BCUT2D eigenvalue weighted by Crippen LogP contribution is 2.90. The number of rotatable bonds is 2. The number of hydrogen-bond donors (Lipinski definition) is 1. The molecule has 4 fully saturated rings. The van der Waals surface area contributed by atoms with Gasteiger partial charge in [-0.15, -0.1) is 0 Å². The van der Waals surface area contributed by atoms with Crippen molar-refractivity contribution in [1.82, 2.24) is 0 Å². The van der Waals surface area contributed by atoms with Gasteiger partial charge in [0.25, 0.3) is 0 Å². The molecule has 7 atom stereocenters. The van der Waals surface area contributed by atoms with Crippen LogP contribution >= 0.6 is 0 Å². The van der Waals surface area contributed by atoms with E-state index in [4.69, 9.17) is 15.0 Å². The van der Waals surface area contributed by atoms with E-state index >= 15 is 0 Å². The average molecular weight is 264 g/mol. The second kappa shape index (κ2) is 4.60. The van der Waals surface area contributed by atoms with Gasteiger partial charge in [-0.1, -0.05) is 13.8 Å². The van der Waals surface area contributed by atoms with Gasteiger partial charge >= 0.3 is 7.12 Å². The summed E-state index contributed by atoms with van der Waals surface area (Å²) in [5.74, 6) is 2.66. The van der Waals surface area contributed by atoms with Crippen molar-refractivity contribution in [2.45, 2.75) is 51.3 Å². The molecule has 1 saturated heterocycles. The minimum atomic E-state index is -0.667. The van der Waals surface area contributed by atoms with Gasteiger partial charge in [0.1, 0.15) is 0 Å². The second-order valence-electron chi connectivity index (χ2n) is 7.23. The molecule has 3 saturated carbocycles. The normalized spacial score (nSPS) is 51.3. The minimum absolute atomic E-state index is 0.0300. The molecule has 1 heterocycles. The summed E-state index contributed by atoms with van der Waals surface area (Å²) in [5.41, 5.74) is 6.62. The fraction of sp³-hybridized carbons (Fsp3) is 1.00. The van der Waals surface area contributed by atoms with E-state index in [1.165, 1.54) is 6.42 Å². The highest BCUT2D eigenvalue weighted by molar-refractivity contribution is 7.49. The molecule has 0 amide bonds. The summed E-state index contributed by atoms with van der Waals surface area (Å²) in [4.78, 5) is 0. The fourth-order valence-electron chi connectivity index (χ4n) is 4.60. The van der Waals surface area contributed by atoms with E-state index in [2.05, 4.69) is 44.0 Å². The molecule has 2 unspecified atom stereocenters. The predicted molar refractivity (Wildman–Crippen MR) is 84.6 cm³/mol. The standard InChI is InChI=1S/C12H20BNO2.B4/c1-4-7(14)13-15-10-9-8-6(12(8,9)3)5-11(10,2)16-13;1-4(2)3/h6-10H,4-5,14H2,1-3H3;/t6?,7-,8?,9+,10-,11+,12+;/m0./s1. The van der Waals surface area contributed by atoms with Gasteiger partial charge in [-0.05, 0) is 42.9 Å². The van der Waals surface area contributed by atoms with E-state index in [0.29, 0.717) is 11.5 Å². The summed E-state index contributed by atoms with van der Waals surface area (Å²) in [6, 6.07) is 0. The molecule has 1 aliphatic heterocycles. The molecule has 4 aliphatic rings. The van der Waals surface area contributed by atoms with Gasteiger partial charge in [-0.25, -0.2) is 0 Å². The Morgan fingerprint density at radius 3 is 2.40 bits per heavy atom. The van der Waals surface area contributed by atoms with E-state index in [1.807, 2.05) is 0 Å². The minimum Gasteiger partial charge on any atom is -0.404 e. The molecular formula is C12H20B5NO2. The topological polar surface area (TPSA) is 44.5 Å². The summed E-state index contributed by atoms with van der Waals surface area (Å²) in [7, 11) is 13.8. The van der Waals surface area contributed by atoms with Crippen LogP contribution in [0.1, 0.15) is 33.6 Å². The van der Waals surface area contributed by atoms with E-state index in [-0.39, 0.29) is 18.7 Å². The Morgan fingerprint density at radius 1 is 1.35 bits per heavy atom. The molecule has 8 heteroatoms. The van der Waals surface area contributed by atoms with Gasteiger partial charge in [-0.2, -0.15) is 0 Å². The third-order valence-corrected chi connectivity index (χ3v) is 5.88. The summed E-state index contributed by atoms with van der Waals surface area (Å²) in [5, 5.41) is 0. The molecule has 0 bridgehead atoms. The lowest BCUT2D eigenvalue weighted by molar-refractivity contribution is -0.0390. The largest absolute Gasteiger partial charge is 0.475 e. The van der Waals surface area contributed by atoms with Crippen LogP contribution in [0.3, 0.4) is 0 Å². The van der Waals surface area contributed by atoms with Crippen LogP contribution in [0, 0.1) is 23.2 Å². The molecule has 3 nitrogen and oxygen atoms in total. The van der Waals surface area contributed by atoms with Crippen molar-refractivity contribution in [2.24, 2.45) is 28.9 Å². The Labute approximate surface area is 126 Å². The maximum atomic E-state index is 6.12. The Morgan fingerprint density at radius 2 is 1.90 bits per heavy atom. The lowest BCUT2D eigenvalue weighted by atomic mass is 9.08. The summed E-state index contributed by atoms with van der Waals surface area (Å²) >= 11 is 0. The first-order chi connectivity index (χ1) is 9.25. The van der Waals surface area contributed by atoms with E-state index in [9.17, 15) is 0 Å². The lowest BCUT2D eigenvalue weighted by Gasteiger charge is -2.41. The van der Waals surface area contributed by atoms with Gasteiger partial charge < -0.3 is 15.0 Å². The van der Waals surface area contributed by atoms with Crippen molar-refractivity contribution < 1.29 is 9.31 Å². The number of fused-ring (bicyclic) bond motifs is 4. The van der Waals surface area contributed by atoms with Gasteiger partial charge in [0.2, 0.25) is 0 Å². The summed E-state index contributed by atoms with van der Waals surface area (Å²) in [6.45, 7) is 6.73. The van der Waals surface area contributed by atoms with Crippen molar-refractivity contribution in [1.29, 1.82) is 0 Å². The maximum absolute atomic E-state index is 6.12. The van der Waals surface area contributed by atoms with E-state index in [0.717, 1.165) is 24.2 Å². The van der Waals surface area contributed by atoms with Crippen LogP contribution in [0.15, 0.2) is 0 Å². The Bertz CT molecular complexity index is 411. The molecule has 2 N–H and O–H groups in total. The zero-order valence-corrected chi connectivity index (χ0v) is 12.6. The van der Waals surface area contributed by atoms with Gasteiger partial charge in [0.15, 0.2) is 0 Å². The molecule has 100 valence electrons. The monoisotopic (exact) mass is 265 g/mol. The van der Waals surface area contributed by atoms with Crippen LogP contribution in [-0.4, -0.2) is 54.4 Å². The molecule has 20 heavy (non-hydrogen) atoms. The first kappa shape index (κ1) is 15.1. The average Bonchev–Trinajstić information content (AvgIpc) is 3.08. The molecule has 0 aromatic rings. The second-order valence-corrected chi connectivity index (χ2v) is 7.23. The third-order valence-electron chi connectivity index (χ3n) is 5.88. The van der Waals surface area contributed by atoms with Gasteiger partial charge in [0, 0.05) is 35.5 Å². The van der Waals surface area contributed by atoms with Crippen molar-refractivity contribution in [3.63, 3.8) is 0 Å². The first-order valence-corrected chi connectivity index (χ1v) is 7.61. The number of nitrogens with two attached hydrogens (primary N) is 1. The van der Waals surface area contributed by atoms with Gasteiger partial charge in [0.05, 0.1) is 11.7 Å². The Balaban J connectivity index is 0.000000272. The van der Waals surface area contributed by atoms with Crippen LogP contribution in [-0.2, 0) is 9.31 Å². The molecule has 0 aromatic heterocycles. The zero-order chi connectivity index (χ0) is 14.9.